The molecule has 6 aromatic carbocycles. The Bertz CT molecular complexity index is 2190. The number of hydrogen-bond acceptors (Lipinski definition) is 1. The maximum absolute atomic E-state index is 6.11. The van der Waals surface area contributed by atoms with Gasteiger partial charge in [0, 0.05) is 32.7 Å². The van der Waals surface area contributed by atoms with E-state index in [2.05, 4.69) is 120 Å². The van der Waals surface area contributed by atoms with Crippen molar-refractivity contribution >= 4 is 43.7 Å². The van der Waals surface area contributed by atoms with Gasteiger partial charge in [-0.25, -0.2) is 0 Å². The molecular weight excluding hydrogens is 462 g/mol. The molecule has 176 valence electrons. The molecule has 0 amide bonds. The Morgan fingerprint density at radius 3 is 1.82 bits per heavy atom. The van der Waals surface area contributed by atoms with E-state index in [0.29, 0.717) is 0 Å². The van der Waals surface area contributed by atoms with Gasteiger partial charge in [0.25, 0.3) is 0 Å². The standard InChI is InChI=1S/C36H21NO/c1-4-15-30-24(9-1)25-10-2-5-16-31(25)37(30)32-17-8-14-28-27-13-7-12-23(35(27)36(28)32)22-19-20-34-29(21-22)26-11-3-6-18-33(26)38-34/h1-21H. The van der Waals surface area contributed by atoms with Crippen LogP contribution in [0.3, 0.4) is 0 Å². The first-order valence-electron chi connectivity index (χ1n) is 13.0. The lowest BCUT2D eigenvalue weighted by molar-refractivity contribution is 0.669. The summed E-state index contributed by atoms with van der Waals surface area (Å²) < 4.78 is 8.55. The third kappa shape index (κ3) is 2.51. The van der Waals surface area contributed by atoms with E-state index >= 15 is 0 Å². The average molecular weight is 484 g/mol. The maximum atomic E-state index is 6.11. The molecule has 0 atom stereocenters. The van der Waals surface area contributed by atoms with Crippen molar-refractivity contribution in [2.24, 2.45) is 0 Å². The fourth-order valence-electron chi connectivity index (χ4n) is 6.51. The number of nitrogens with zero attached hydrogens (tertiary/aromatic N) is 1. The molecule has 0 saturated heterocycles. The minimum atomic E-state index is 0.927. The fraction of sp³-hybridized carbons (Fsp3) is 0. The molecule has 1 aliphatic carbocycles. The van der Waals surface area contributed by atoms with Gasteiger partial charge in [-0.3, -0.25) is 0 Å². The zero-order chi connectivity index (χ0) is 24.8. The van der Waals surface area contributed by atoms with Crippen LogP contribution < -0.4 is 0 Å². The van der Waals surface area contributed by atoms with Crippen molar-refractivity contribution in [3.63, 3.8) is 0 Å². The van der Waals surface area contributed by atoms with Crippen LogP contribution in [0.15, 0.2) is 132 Å². The van der Waals surface area contributed by atoms with Gasteiger partial charge < -0.3 is 8.98 Å². The molecule has 8 aromatic rings. The molecular formula is C36H21NO. The largest absolute Gasteiger partial charge is 0.456 e. The fourth-order valence-corrected chi connectivity index (χ4v) is 6.51. The van der Waals surface area contributed by atoms with Crippen LogP contribution >= 0.6 is 0 Å². The molecule has 0 aliphatic heterocycles. The number of para-hydroxylation sites is 3. The van der Waals surface area contributed by atoms with Gasteiger partial charge in [-0.05, 0) is 58.7 Å². The van der Waals surface area contributed by atoms with E-state index in [4.69, 9.17) is 4.42 Å². The van der Waals surface area contributed by atoms with Crippen molar-refractivity contribution in [1.29, 1.82) is 0 Å². The van der Waals surface area contributed by atoms with E-state index in [1.54, 1.807) is 0 Å². The summed E-state index contributed by atoms with van der Waals surface area (Å²) in [4.78, 5) is 0. The first-order valence-corrected chi connectivity index (χ1v) is 13.0. The van der Waals surface area contributed by atoms with Crippen LogP contribution in [0.1, 0.15) is 0 Å². The number of hydrogen-bond donors (Lipinski definition) is 0. The van der Waals surface area contributed by atoms with Gasteiger partial charge in [-0.15, -0.1) is 0 Å². The van der Waals surface area contributed by atoms with Gasteiger partial charge in [0.2, 0.25) is 0 Å². The predicted molar refractivity (Wildman–Crippen MR) is 158 cm³/mol. The van der Waals surface area contributed by atoms with Gasteiger partial charge in [0.1, 0.15) is 11.2 Å². The molecule has 0 bridgehead atoms. The lowest BCUT2D eigenvalue weighted by atomic mass is 9.75. The summed E-state index contributed by atoms with van der Waals surface area (Å²) in [5.74, 6) is 0. The molecule has 0 spiro atoms. The van der Waals surface area contributed by atoms with Crippen LogP contribution in [0.2, 0.25) is 0 Å². The summed E-state index contributed by atoms with van der Waals surface area (Å²) in [6.07, 6.45) is 0. The first kappa shape index (κ1) is 20.0. The van der Waals surface area contributed by atoms with Crippen LogP contribution in [-0.2, 0) is 0 Å². The minimum absolute atomic E-state index is 0.927. The monoisotopic (exact) mass is 483 g/mol. The third-order valence-corrected chi connectivity index (χ3v) is 8.16. The number of fused-ring (bicyclic) bond motifs is 10. The molecule has 2 heteroatoms. The molecule has 0 unspecified atom stereocenters. The Morgan fingerprint density at radius 2 is 1.03 bits per heavy atom. The van der Waals surface area contributed by atoms with Crippen LogP contribution in [0.5, 0.6) is 0 Å². The molecule has 0 fully saturated rings. The van der Waals surface area contributed by atoms with Crippen molar-refractivity contribution in [1.82, 2.24) is 4.57 Å². The van der Waals surface area contributed by atoms with Crippen LogP contribution in [-0.4, -0.2) is 4.57 Å². The Morgan fingerprint density at radius 1 is 0.421 bits per heavy atom. The smallest absolute Gasteiger partial charge is 0.135 e. The van der Waals surface area contributed by atoms with Crippen molar-refractivity contribution in [3.8, 4) is 39.1 Å². The summed E-state index contributed by atoms with van der Waals surface area (Å²) in [7, 11) is 0. The second-order valence-corrected chi connectivity index (χ2v) is 10.1. The van der Waals surface area contributed by atoms with E-state index in [1.807, 2.05) is 12.1 Å². The molecule has 0 saturated carbocycles. The van der Waals surface area contributed by atoms with Crippen molar-refractivity contribution < 1.29 is 4.42 Å². The zero-order valence-electron chi connectivity index (χ0n) is 20.5. The Hall–Kier alpha value is -5.08. The Balaban J connectivity index is 1.32. The number of rotatable bonds is 2. The van der Waals surface area contributed by atoms with Gasteiger partial charge >= 0.3 is 0 Å². The van der Waals surface area contributed by atoms with E-state index < -0.39 is 0 Å². The van der Waals surface area contributed by atoms with Crippen LogP contribution in [0.25, 0.3) is 82.8 Å². The first-order chi connectivity index (χ1) is 18.9. The molecule has 1 aliphatic rings. The van der Waals surface area contributed by atoms with Gasteiger partial charge in [0.15, 0.2) is 0 Å². The topological polar surface area (TPSA) is 18.1 Å². The lowest BCUT2D eigenvalue weighted by Gasteiger charge is -2.30. The van der Waals surface area contributed by atoms with Crippen molar-refractivity contribution in [2.75, 3.05) is 0 Å². The molecule has 0 radical (unpaired) electrons. The van der Waals surface area contributed by atoms with E-state index in [9.17, 15) is 0 Å². The van der Waals surface area contributed by atoms with Crippen molar-refractivity contribution in [2.45, 2.75) is 0 Å². The molecule has 0 N–H and O–H groups in total. The summed E-state index contributed by atoms with van der Waals surface area (Å²) in [6, 6.07) is 45.8. The van der Waals surface area contributed by atoms with E-state index in [0.717, 1.165) is 21.9 Å². The summed E-state index contributed by atoms with van der Waals surface area (Å²) in [5, 5.41) is 4.88. The van der Waals surface area contributed by atoms with Gasteiger partial charge in [0.05, 0.1) is 16.7 Å². The van der Waals surface area contributed by atoms with E-state index in [-0.39, 0.29) is 0 Å². The van der Waals surface area contributed by atoms with E-state index in [1.165, 1.54) is 60.9 Å². The van der Waals surface area contributed by atoms with Gasteiger partial charge in [-0.1, -0.05) is 91.0 Å². The number of furan rings is 1. The second kappa shape index (κ2) is 7.24. The van der Waals surface area contributed by atoms with Crippen LogP contribution in [0.4, 0.5) is 0 Å². The second-order valence-electron chi connectivity index (χ2n) is 10.1. The molecule has 9 rings (SSSR count). The summed E-state index contributed by atoms with van der Waals surface area (Å²) in [5.41, 5.74) is 13.3. The molecule has 2 nitrogen and oxygen atoms in total. The highest BCUT2D eigenvalue weighted by molar-refractivity contribution is 6.15. The molecule has 2 heterocycles. The quantitative estimate of drug-likeness (QED) is 0.239. The lowest BCUT2D eigenvalue weighted by Crippen LogP contribution is -2.07. The van der Waals surface area contributed by atoms with Gasteiger partial charge in [-0.2, -0.15) is 0 Å². The maximum Gasteiger partial charge on any atom is 0.135 e. The summed E-state index contributed by atoms with van der Waals surface area (Å²) >= 11 is 0. The Kier molecular flexibility index (Phi) is 3.82. The predicted octanol–water partition coefficient (Wildman–Crippen LogP) is 10.00. The van der Waals surface area contributed by atoms with Crippen molar-refractivity contribution in [3.05, 3.63) is 127 Å². The highest BCUT2D eigenvalue weighted by atomic mass is 16.3. The minimum Gasteiger partial charge on any atom is -0.456 e. The third-order valence-electron chi connectivity index (χ3n) is 8.16. The molecule has 38 heavy (non-hydrogen) atoms. The summed E-state index contributed by atoms with van der Waals surface area (Å²) in [6.45, 7) is 0. The zero-order valence-corrected chi connectivity index (χ0v) is 20.5. The Labute approximate surface area is 219 Å². The highest BCUT2D eigenvalue weighted by Gasteiger charge is 2.30. The average Bonchev–Trinajstić information content (AvgIpc) is 3.50. The number of aromatic nitrogens is 1. The SMILES string of the molecule is c1cc(-c2ccc3oc4ccccc4c3c2)c2c(c1)-c1cccc(-n3c4ccccc4c4ccccc43)c1-2. The molecule has 2 aromatic heterocycles. The van der Waals surface area contributed by atoms with Crippen LogP contribution in [0, 0.1) is 0 Å². The highest BCUT2D eigenvalue weighted by Crippen LogP contribution is 2.55. The normalized spacial score (nSPS) is 12.2. The number of benzene rings is 6.